The quantitative estimate of drug-likeness (QED) is 0.466. The van der Waals surface area contributed by atoms with Gasteiger partial charge in [0.25, 0.3) is 0 Å². The Bertz CT molecular complexity index is 177. The van der Waals surface area contributed by atoms with E-state index in [-0.39, 0.29) is 6.61 Å². The van der Waals surface area contributed by atoms with E-state index in [1.54, 1.807) is 0 Å². The minimum Gasteiger partial charge on any atom is -0.748 e. The molecule has 5 heteroatoms. The minimum absolute atomic E-state index is 0.0752. The van der Waals surface area contributed by atoms with E-state index < -0.39 is 15.4 Å². The van der Waals surface area contributed by atoms with Crippen LogP contribution in [0.1, 0.15) is 6.42 Å². The Labute approximate surface area is 53.6 Å². The molecule has 1 unspecified atom stereocenters. The Morgan fingerprint density at radius 1 is 1.56 bits per heavy atom. The molecule has 0 radical (unpaired) electrons. The lowest BCUT2D eigenvalue weighted by atomic mass is 10.4. The first-order valence-corrected chi connectivity index (χ1v) is 4.10. The third kappa shape index (κ3) is 1.64. The lowest BCUT2D eigenvalue weighted by Gasteiger charge is -2.11. The second-order valence-corrected chi connectivity index (χ2v) is 3.63. The van der Waals surface area contributed by atoms with E-state index in [1.807, 2.05) is 0 Å². The molecule has 0 aromatic heterocycles. The summed E-state index contributed by atoms with van der Waals surface area (Å²) in [5.41, 5.74) is 0. The molecule has 1 aliphatic heterocycles. The summed E-state index contributed by atoms with van der Waals surface area (Å²) in [6.07, 6.45) is 0.353. The standard InChI is InChI=1S/C4H8O4S/c5-9(6,7)4-1-2-8-3-4/h4H,1-3H2,(H,5,6,7)/p-1. The van der Waals surface area contributed by atoms with Gasteiger partial charge >= 0.3 is 0 Å². The van der Waals surface area contributed by atoms with Gasteiger partial charge in [0.05, 0.1) is 22.0 Å². The molecule has 1 saturated heterocycles. The molecule has 1 heterocycles. The Balaban J connectivity index is 2.63. The molecule has 1 atom stereocenters. The summed E-state index contributed by atoms with van der Waals surface area (Å²) in [4.78, 5) is 0. The summed E-state index contributed by atoms with van der Waals surface area (Å²) in [6, 6.07) is 0. The van der Waals surface area contributed by atoms with Crippen molar-refractivity contribution in [3.63, 3.8) is 0 Å². The first-order chi connectivity index (χ1) is 4.11. The summed E-state index contributed by atoms with van der Waals surface area (Å²) in [5, 5.41) is -0.794. The van der Waals surface area contributed by atoms with Gasteiger partial charge in [-0.05, 0) is 6.42 Å². The predicted molar refractivity (Wildman–Crippen MR) is 28.9 cm³/mol. The molecule has 0 amide bonds. The van der Waals surface area contributed by atoms with Crippen molar-refractivity contribution in [2.45, 2.75) is 11.7 Å². The van der Waals surface area contributed by atoms with Gasteiger partial charge in [0.15, 0.2) is 0 Å². The topological polar surface area (TPSA) is 66.4 Å². The second kappa shape index (κ2) is 2.24. The number of ether oxygens (including phenoxy) is 1. The van der Waals surface area contributed by atoms with Gasteiger partial charge in [0.2, 0.25) is 0 Å². The van der Waals surface area contributed by atoms with Crippen LogP contribution in [0.2, 0.25) is 0 Å². The van der Waals surface area contributed by atoms with Gasteiger partial charge in [-0.2, -0.15) is 0 Å². The molecule has 0 aromatic rings. The molecular formula is C4H7O4S-. The molecule has 1 aliphatic rings. The van der Waals surface area contributed by atoms with Crippen molar-refractivity contribution in [3.8, 4) is 0 Å². The summed E-state index contributed by atoms with van der Waals surface area (Å²) in [5.74, 6) is 0. The van der Waals surface area contributed by atoms with Crippen LogP contribution >= 0.6 is 0 Å². The second-order valence-electron chi connectivity index (χ2n) is 1.98. The van der Waals surface area contributed by atoms with Crippen LogP contribution in [0.3, 0.4) is 0 Å². The van der Waals surface area contributed by atoms with Crippen LogP contribution in [0, 0.1) is 0 Å². The van der Waals surface area contributed by atoms with E-state index >= 15 is 0 Å². The Morgan fingerprint density at radius 3 is 2.44 bits per heavy atom. The van der Waals surface area contributed by atoms with E-state index in [0.29, 0.717) is 13.0 Å². The van der Waals surface area contributed by atoms with Crippen molar-refractivity contribution < 1.29 is 17.7 Å². The predicted octanol–water partition coefficient (Wildman–Crippen LogP) is -0.679. The van der Waals surface area contributed by atoms with E-state index in [9.17, 15) is 13.0 Å². The molecule has 0 aliphatic carbocycles. The van der Waals surface area contributed by atoms with Gasteiger partial charge in [-0.15, -0.1) is 0 Å². The fourth-order valence-electron chi connectivity index (χ4n) is 0.741. The molecule has 0 spiro atoms. The molecule has 54 valence electrons. The fraction of sp³-hybridized carbons (Fsp3) is 1.00. The van der Waals surface area contributed by atoms with Crippen molar-refractivity contribution in [2.75, 3.05) is 13.2 Å². The zero-order valence-corrected chi connectivity index (χ0v) is 5.56. The van der Waals surface area contributed by atoms with Crippen molar-refractivity contribution in [1.29, 1.82) is 0 Å². The molecule has 0 aromatic carbocycles. The van der Waals surface area contributed by atoms with Crippen LogP contribution in [0.25, 0.3) is 0 Å². The molecule has 1 fully saturated rings. The third-order valence-electron chi connectivity index (χ3n) is 1.30. The highest BCUT2D eigenvalue weighted by Gasteiger charge is 2.21. The summed E-state index contributed by atoms with van der Waals surface area (Å²) in [6.45, 7) is 0.470. The maximum Gasteiger partial charge on any atom is 0.0999 e. The van der Waals surface area contributed by atoms with Crippen molar-refractivity contribution in [1.82, 2.24) is 0 Å². The van der Waals surface area contributed by atoms with Gasteiger partial charge in [-0.25, -0.2) is 8.42 Å². The number of hydrogen-bond donors (Lipinski definition) is 0. The molecule has 9 heavy (non-hydrogen) atoms. The SMILES string of the molecule is O=S(=O)([O-])C1CCOC1. The molecule has 4 nitrogen and oxygen atoms in total. The van der Waals surface area contributed by atoms with Crippen molar-refractivity contribution in [3.05, 3.63) is 0 Å². The highest BCUT2D eigenvalue weighted by Crippen LogP contribution is 2.11. The summed E-state index contributed by atoms with van der Waals surface area (Å²) in [7, 11) is -4.08. The van der Waals surface area contributed by atoms with Gasteiger partial charge in [0.1, 0.15) is 0 Å². The lowest BCUT2D eigenvalue weighted by molar-refractivity contribution is 0.197. The van der Waals surface area contributed by atoms with E-state index in [4.69, 9.17) is 4.74 Å². The van der Waals surface area contributed by atoms with E-state index in [1.165, 1.54) is 0 Å². The highest BCUT2D eigenvalue weighted by molar-refractivity contribution is 7.86. The van der Waals surface area contributed by atoms with Gasteiger partial charge in [-0.1, -0.05) is 0 Å². The Morgan fingerprint density at radius 2 is 2.22 bits per heavy atom. The van der Waals surface area contributed by atoms with Crippen LogP contribution in [0.5, 0.6) is 0 Å². The monoisotopic (exact) mass is 151 g/mol. The van der Waals surface area contributed by atoms with Crippen molar-refractivity contribution in [2.24, 2.45) is 0 Å². The number of hydrogen-bond acceptors (Lipinski definition) is 4. The van der Waals surface area contributed by atoms with Crippen LogP contribution in [-0.2, 0) is 14.9 Å². The van der Waals surface area contributed by atoms with E-state index in [2.05, 4.69) is 0 Å². The average molecular weight is 151 g/mol. The zero-order chi connectivity index (χ0) is 6.91. The third-order valence-corrected chi connectivity index (χ3v) is 2.48. The summed E-state index contributed by atoms with van der Waals surface area (Å²) < 4.78 is 35.3. The van der Waals surface area contributed by atoms with Crippen LogP contribution in [0.4, 0.5) is 0 Å². The molecule has 0 N–H and O–H groups in total. The molecular weight excluding hydrogens is 144 g/mol. The molecule has 0 bridgehead atoms. The van der Waals surface area contributed by atoms with Gasteiger partial charge in [0, 0.05) is 6.61 Å². The van der Waals surface area contributed by atoms with Gasteiger partial charge in [-0.3, -0.25) is 0 Å². The first kappa shape index (κ1) is 6.98. The Kier molecular flexibility index (Phi) is 1.74. The maximum atomic E-state index is 10.2. The summed E-state index contributed by atoms with van der Waals surface area (Å²) >= 11 is 0. The fourth-order valence-corrected chi connectivity index (χ4v) is 1.39. The van der Waals surface area contributed by atoms with Crippen LogP contribution < -0.4 is 0 Å². The Hall–Kier alpha value is -0.130. The van der Waals surface area contributed by atoms with Gasteiger partial charge < -0.3 is 9.29 Å². The molecule has 0 saturated carbocycles. The van der Waals surface area contributed by atoms with E-state index in [0.717, 1.165) is 0 Å². The average Bonchev–Trinajstić information content (AvgIpc) is 2.08. The number of rotatable bonds is 1. The largest absolute Gasteiger partial charge is 0.748 e. The lowest BCUT2D eigenvalue weighted by Crippen LogP contribution is -2.20. The highest BCUT2D eigenvalue weighted by atomic mass is 32.2. The zero-order valence-electron chi connectivity index (χ0n) is 4.74. The molecule has 1 rings (SSSR count). The smallest absolute Gasteiger partial charge is 0.0999 e. The van der Waals surface area contributed by atoms with Crippen LogP contribution in [-0.4, -0.2) is 31.4 Å². The minimum atomic E-state index is -4.08. The van der Waals surface area contributed by atoms with Crippen molar-refractivity contribution >= 4 is 10.1 Å². The first-order valence-electron chi connectivity index (χ1n) is 2.63. The maximum absolute atomic E-state index is 10.2. The van der Waals surface area contributed by atoms with Crippen LogP contribution in [0.15, 0.2) is 0 Å². The normalized spacial score (nSPS) is 28.8.